The summed E-state index contributed by atoms with van der Waals surface area (Å²) in [6, 6.07) is 0. The van der Waals surface area contributed by atoms with E-state index in [9.17, 15) is 0 Å². The van der Waals surface area contributed by atoms with Crippen molar-refractivity contribution in [2.45, 2.75) is 0 Å². The Labute approximate surface area is 179 Å². The molecule has 0 radical (unpaired) electrons. The summed E-state index contributed by atoms with van der Waals surface area (Å²) >= 11 is 0. The van der Waals surface area contributed by atoms with Crippen LogP contribution in [0.5, 0.6) is 0 Å². The lowest BCUT2D eigenvalue weighted by atomic mass is 11.1. The Morgan fingerprint density at radius 3 is 0.688 bits per heavy atom. The molecular weight excluding hydrogens is 446 g/mol. The van der Waals surface area contributed by atoms with Gasteiger partial charge in [0.25, 0.3) is 0 Å². The molecule has 0 aromatic heterocycles. The zero-order chi connectivity index (χ0) is 23.2. The second-order valence-corrected chi connectivity index (χ2v) is 3.84. The molecule has 0 aliphatic heterocycles. The van der Waals surface area contributed by atoms with Crippen molar-refractivity contribution in [3.8, 4) is 0 Å². The highest BCUT2D eigenvalue weighted by atomic mass is 16.5. The minimum atomic E-state index is 1.44. The highest BCUT2D eigenvalue weighted by Gasteiger charge is 1.85. The largest absolute Gasteiger partial charge is 0.315 e. The van der Waals surface area contributed by atoms with Gasteiger partial charge in [-0.05, 0) is 0 Å². The maximum absolute atomic E-state index is 8.15. The molecule has 0 saturated heterocycles. The molecule has 0 spiro atoms. The van der Waals surface area contributed by atoms with Gasteiger partial charge < -0.3 is 10.6 Å². The van der Waals surface area contributed by atoms with Crippen molar-refractivity contribution in [3.05, 3.63) is 12.8 Å². The number of hydrogen-bond donors (Lipinski definition) is 30. The smallest absolute Gasteiger partial charge is 0.00671 e. The first kappa shape index (κ1) is 30.4. The van der Waals surface area contributed by atoms with E-state index in [1.54, 1.807) is 5.59 Å². The van der Waals surface area contributed by atoms with Gasteiger partial charge >= 0.3 is 0 Å². The van der Waals surface area contributed by atoms with Crippen LogP contribution in [0.25, 0.3) is 0 Å². The Bertz CT molecular complexity index is 335. The fraction of sp³-hybridized carbons (Fsp3) is 0. The summed E-state index contributed by atoms with van der Waals surface area (Å²) in [5, 5.41) is 8.15. The van der Waals surface area contributed by atoms with Crippen molar-refractivity contribution in [2.24, 2.45) is 0 Å². The summed E-state index contributed by atoms with van der Waals surface area (Å²) in [6.45, 7) is 3.43. The van der Waals surface area contributed by atoms with Crippen LogP contribution in [0.4, 0.5) is 0 Å². The second-order valence-electron chi connectivity index (χ2n) is 3.84. The van der Waals surface area contributed by atoms with Gasteiger partial charge in [-0.3, -0.25) is 0 Å². The van der Waals surface area contributed by atoms with Crippen LogP contribution in [0, 0.1) is 0 Å². The normalized spacial score (nSPS) is 11.2. The first-order valence-corrected chi connectivity index (χ1v) is 7.92. The molecule has 0 aromatic rings. The van der Waals surface area contributed by atoms with E-state index in [1.165, 1.54) is 6.20 Å². The lowest BCUT2D eigenvalue weighted by molar-refractivity contribution is 0.0832. The fourth-order valence-corrected chi connectivity index (χ4v) is 0.896. The van der Waals surface area contributed by atoms with Crippen LogP contribution < -0.4 is 160 Å². The van der Waals surface area contributed by atoms with E-state index < -0.39 is 0 Å². The van der Waals surface area contributed by atoms with E-state index in [4.69, 9.17) is 5.21 Å². The molecule has 0 saturated carbocycles. The Hall–Kier alpha value is -1.62. The SMILES string of the molecule is C=CNNNNNNNNNNNNNNNNNNNNNNNNNNNNNO. The Kier molecular flexibility index (Phi) is 27.9. The van der Waals surface area contributed by atoms with Crippen molar-refractivity contribution in [1.82, 2.24) is 160 Å². The Morgan fingerprint density at radius 1 is 0.312 bits per heavy atom. The molecule has 0 fully saturated rings. The molecule has 0 rings (SSSR count). The van der Waals surface area contributed by atoms with Gasteiger partial charge in [-0.1, -0.05) is 6.58 Å². The van der Waals surface area contributed by atoms with E-state index in [0.29, 0.717) is 0 Å². The van der Waals surface area contributed by atoms with Gasteiger partial charge in [0, 0.05) is 6.20 Å². The zero-order valence-electron chi connectivity index (χ0n) is 16.2. The Morgan fingerprint density at radius 2 is 0.500 bits per heavy atom. The van der Waals surface area contributed by atoms with Gasteiger partial charge in [0.15, 0.2) is 0 Å². The average Bonchev–Trinajstić information content (AvgIpc) is 2.81. The van der Waals surface area contributed by atoms with Gasteiger partial charge in [-0.15, -0.1) is 5.59 Å². The second kappa shape index (κ2) is 29.4. The van der Waals surface area contributed by atoms with Crippen molar-refractivity contribution in [1.29, 1.82) is 0 Å². The number of rotatable bonds is 29. The fourth-order valence-electron chi connectivity index (χ4n) is 0.896. The quantitative estimate of drug-likeness (QED) is 0.0349. The summed E-state index contributed by atoms with van der Waals surface area (Å²) in [5.74, 6) is 0. The predicted octanol–water partition coefficient (Wildman–Crippen LogP) is -13.8. The zero-order valence-corrected chi connectivity index (χ0v) is 16.2. The monoisotopic (exact) mass is 479 g/mol. The lowest BCUT2D eigenvalue weighted by Gasteiger charge is -2.15. The molecule has 30 nitrogen and oxygen atoms in total. The van der Waals surface area contributed by atoms with Crippen LogP contribution in [0.2, 0.25) is 0 Å². The maximum Gasteiger partial charge on any atom is 0.00671 e. The third-order valence-corrected chi connectivity index (χ3v) is 1.86. The topological polar surface area (TPSA) is 369 Å². The van der Waals surface area contributed by atoms with Crippen LogP contribution in [0.3, 0.4) is 0 Å². The molecule has 0 unspecified atom stereocenters. The highest BCUT2D eigenvalue weighted by Crippen LogP contribution is 1.36. The minimum absolute atomic E-state index is 1.44. The minimum Gasteiger partial charge on any atom is -0.315 e. The molecule has 0 bridgehead atoms. The lowest BCUT2D eigenvalue weighted by Crippen LogP contribution is -2.70. The summed E-state index contributed by atoms with van der Waals surface area (Å²) in [4.78, 5) is 0. The average molecular weight is 479 g/mol. The summed E-state index contributed by atoms with van der Waals surface area (Å²) in [6.07, 6.45) is 1.44. The van der Waals surface area contributed by atoms with Gasteiger partial charge in [0.05, 0.1) is 0 Å². The first-order valence-electron chi connectivity index (χ1n) is 7.92. The standard InChI is InChI=1S/C2H33N29O/c1-2-3-4-5-6-7-8-9-10-11-12-13-14-15-16-17-18-19-20-21-22-23-24-25-26-27-28-29-30-31-32/h2-32H,1H2. The van der Waals surface area contributed by atoms with Crippen molar-refractivity contribution < 1.29 is 5.21 Å². The number of hydrogen-bond acceptors (Lipinski definition) is 30. The van der Waals surface area contributed by atoms with E-state index in [2.05, 4.69) is 161 Å². The van der Waals surface area contributed by atoms with Crippen LogP contribution >= 0.6 is 0 Å². The van der Waals surface area contributed by atoms with Crippen molar-refractivity contribution in [3.63, 3.8) is 0 Å². The molecule has 30 heteroatoms. The van der Waals surface area contributed by atoms with Crippen molar-refractivity contribution >= 4 is 0 Å². The van der Waals surface area contributed by atoms with Crippen LogP contribution in [0.15, 0.2) is 12.8 Å². The van der Waals surface area contributed by atoms with Crippen molar-refractivity contribution in [2.75, 3.05) is 0 Å². The predicted molar refractivity (Wildman–Crippen MR) is 103 cm³/mol. The van der Waals surface area contributed by atoms with E-state index in [0.717, 1.165) is 0 Å². The highest BCUT2D eigenvalue weighted by molar-refractivity contribution is 4.55. The number of hydrazine groups is 28. The molecule has 30 N–H and O–H groups in total. The third kappa shape index (κ3) is 28.4. The summed E-state index contributed by atoms with van der Waals surface area (Å²) < 4.78 is 0. The van der Waals surface area contributed by atoms with Gasteiger partial charge in [0.1, 0.15) is 0 Å². The van der Waals surface area contributed by atoms with E-state index in [1.807, 2.05) is 0 Å². The summed E-state index contributed by atoms with van der Waals surface area (Å²) in [7, 11) is 0. The Balaban J connectivity index is 2.99. The van der Waals surface area contributed by atoms with Gasteiger partial charge in [-0.25, -0.2) is 0 Å². The molecule has 0 aliphatic rings. The van der Waals surface area contributed by atoms with E-state index >= 15 is 0 Å². The molecule has 0 atom stereocenters. The first-order chi connectivity index (χ1) is 15.9. The molecule has 0 aromatic carbocycles. The van der Waals surface area contributed by atoms with Gasteiger partial charge in [0.2, 0.25) is 0 Å². The molecule has 0 amide bonds. The third-order valence-electron chi connectivity index (χ3n) is 1.86. The molecular formula is C2H33N29O. The van der Waals surface area contributed by atoms with Crippen LogP contribution in [0.1, 0.15) is 0 Å². The molecule has 192 valence electrons. The maximum atomic E-state index is 8.15. The molecule has 0 aliphatic carbocycles. The van der Waals surface area contributed by atoms with Crippen LogP contribution in [-0.4, -0.2) is 5.21 Å². The number of nitrogens with one attached hydrogen (secondary N) is 29. The molecule has 32 heavy (non-hydrogen) atoms. The van der Waals surface area contributed by atoms with E-state index in [-0.39, 0.29) is 0 Å². The summed E-state index contributed by atoms with van der Waals surface area (Å²) in [5.41, 5.74) is 70.5. The van der Waals surface area contributed by atoms with Crippen LogP contribution in [-0.2, 0) is 0 Å². The van der Waals surface area contributed by atoms with Gasteiger partial charge in [-0.2, -0.15) is 149 Å². The molecule has 0 heterocycles.